The molecule has 0 spiro atoms. The summed E-state index contributed by atoms with van der Waals surface area (Å²) in [7, 11) is 0. The molecule has 0 bridgehead atoms. The van der Waals surface area contributed by atoms with Gasteiger partial charge in [-0.2, -0.15) is 0 Å². The number of aromatic amines is 1. The molecule has 8 nitrogen and oxygen atoms in total. The number of hydrogen-bond acceptors (Lipinski definition) is 5. The number of aromatic nitrogens is 2. The molecule has 1 amide bonds. The molecule has 1 aliphatic heterocycles. The van der Waals surface area contributed by atoms with Gasteiger partial charge >= 0.3 is 5.69 Å². The molecule has 1 aromatic carbocycles. The van der Waals surface area contributed by atoms with E-state index in [1.165, 1.54) is 28.7 Å². The second-order valence-electron chi connectivity index (χ2n) is 9.01. The zero-order chi connectivity index (χ0) is 23.1. The van der Waals surface area contributed by atoms with Crippen LogP contribution in [0.5, 0.6) is 0 Å². The molecule has 1 aromatic heterocycles. The Morgan fingerprint density at radius 2 is 1.69 bits per heavy atom. The van der Waals surface area contributed by atoms with E-state index in [9.17, 15) is 14.4 Å². The van der Waals surface area contributed by atoms with Crippen LogP contribution >= 0.6 is 0 Å². The van der Waals surface area contributed by atoms with Crippen molar-refractivity contribution >= 4 is 17.4 Å². The lowest BCUT2D eigenvalue weighted by Gasteiger charge is -2.30. The fraction of sp³-hybridized carbons (Fsp3) is 0.542. The van der Waals surface area contributed by atoms with Gasteiger partial charge in [0.25, 0.3) is 5.56 Å². The van der Waals surface area contributed by atoms with E-state index in [0.717, 1.165) is 31.5 Å². The standard InChI is InChI=1S/C24H35N5O3/c1-18(2)15-28(20(30)17-27-13-9-4-3-5-10-14-27)21-22(25)29(24(32)26-23(21)31)16-19-11-7-6-8-12-19/h6-8,11-12,18H,3-5,9-10,13-17,25H2,1-2H3,(H,26,31,32). The molecule has 0 saturated carbocycles. The Hall–Kier alpha value is -2.87. The largest absolute Gasteiger partial charge is 0.383 e. The van der Waals surface area contributed by atoms with Crippen molar-refractivity contribution in [3.05, 3.63) is 56.7 Å². The lowest BCUT2D eigenvalue weighted by molar-refractivity contribution is -0.120. The third-order valence-corrected chi connectivity index (χ3v) is 5.82. The number of carbonyl (C=O) groups excluding carboxylic acids is 1. The van der Waals surface area contributed by atoms with Crippen LogP contribution in [0.25, 0.3) is 0 Å². The average Bonchev–Trinajstić information content (AvgIpc) is 2.72. The number of nitrogen functional groups attached to an aromatic ring is 1. The highest BCUT2D eigenvalue weighted by molar-refractivity contribution is 5.96. The number of amides is 1. The average molecular weight is 442 g/mol. The maximum Gasteiger partial charge on any atom is 0.330 e. The summed E-state index contributed by atoms with van der Waals surface area (Å²) >= 11 is 0. The number of carbonyl (C=O) groups is 1. The molecule has 2 aromatic rings. The first-order valence-corrected chi connectivity index (χ1v) is 11.6. The van der Waals surface area contributed by atoms with E-state index >= 15 is 0 Å². The van der Waals surface area contributed by atoms with Gasteiger partial charge in [0.1, 0.15) is 5.82 Å². The van der Waals surface area contributed by atoms with Crippen molar-refractivity contribution in [2.75, 3.05) is 36.8 Å². The van der Waals surface area contributed by atoms with Crippen molar-refractivity contribution in [1.29, 1.82) is 0 Å². The zero-order valence-electron chi connectivity index (χ0n) is 19.2. The van der Waals surface area contributed by atoms with Crippen LogP contribution in [0.3, 0.4) is 0 Å². The second-order valence-corrected chi connectivity index (χ2v) is 9.01. The molecule has 3 N–H and O–H groups in total. The van der Waals surface area contributed by atoms with E-state index in [4.69, 9.17) is 5.73 Å². The van der Waals surface area contributed by atoms with Gasteiger partial charge < -0.3 is 10.6 Å². The summed E-state index contributed by atoms with van der Waals surface area (Å²) in [5.41, 5.74) is 6.09. The molecule has 2 heterocycles. The number of H-pyrrole nitrogens is 1. The molecule has 0 radical (unpaired) electrons. The summed E-state index contributed by atoms with van der Waals surface area (Å²) in [4.78, 5) is 44.8. The smallest absolute Gasteiger partial charge is 0.330 e. The van der Waals surface area contributed by atoms with E-state index in [1.54, 1.807) is 0 Å². The molecule has 0 aliphatic carbocycles. The molecule has 32 heavy (non-hydrogen) atoms. The normalized spacial score (nSPS) is 15.3. The molecular weight excluding hydrogens is 406 g/mol. The van der Waals surface area contributed by atoms with Crippen molar-refractivity contribution in [2.24, 2.45) is 5.92 Å². The molecule has 1 aliphatic rings. The van der Waals surface area contributed by atoms with Gasteiger partial charge in [0.2, 0.25) is 5.91 Å². The lowest BCUT2D eigenvalue weighted by Crippen LogP contribution is -2.47. The minimum Gasteiger partial charge on any atom is -0.383 e. The van der Waals surface area contributed by atoms with Gasteiger partial charge in [0, 0.05) is 6.54 Å². The predicted molar refractivity (Wildman–Crippen MR) is 128 cm³/mol. The van der Waals surface area contributed by atoms with Crippen LogP contribution < -0.4 is 21.9 Å². The molecule has 0 atom stereocenters. The third kappa shape index (κ3) is 6.09. The van der Waals surface area contributed by atoms with Gasteiger partial charge in [-0.15, -0.1) is 0 Å². The predicted octanol–water partition coefficient (Wildman–Crippen LogP) is 2.42. The Balaban J connectivity index is 1.93. The number of anilines is 2. The summed E-state index contributed by atoms with van der Waals surface area (Å²) in [5, 5.41) is 0. The van der Waals surface area contributed by atoms with Crippen molar-refractivity contribution in [2.45, 2.75) is 52.5 Å². The number of rotatable bonds is 7. The van der Waals surface area contributed by atoms with Gasteiger partial charge in [0.05, 0.1) is 13.1 Å². The fourth-order valence-corrected chi connectivity index (χ4v) is 4.19. The minimum absolute atomic E-state index is 0.0178. The van der Waals surface area contributed by atoms with E-state index < -0.39 is 11.2 Å². The van der Waals surface area contributed by atoms with Crippen molar-refractivity contribution in [1.82, 2.24) is 14.5 Å². The van der Waals surface area contributed by atoms with E-state index in [-0.39, 0.29) is 36.4 Å². The number of likely N-dealkylation sites (tertiary alicyclic amines) is 1. The Morgan fingerprint density at radius 1 is 1.06 bits per heavy atom. The Kier molecular flexibility index (Phi) is 8.27. The quantitative estimate of drug-likeness (QED) is 0.687. The Bertz CT molecular complexity index is 1000. The van der Waals surface area contributed by atoms with E-state index in [0.29, 0.717) is 6.54 Å². The monoisotopic (exact) mass is 441 g/mol. The van der Waals surface area contributed by atoms with Gasteiger partial charge in [-0.05, 0) is 37.4 Å². The second kappa shape index (κ2) is 11.1. The fourth-order valence-electron chi connectivity index (χ4n) is 4.19. The minimum atomic E-state index is -0.626. The number of hydrogen-bond donors (Lipinski definition) is 2. The van der Waals surface area contributed by atoms with Crippen LogP contribution in [-0.4, -0.2) is 46.5 Å². The number of benzene rings is 1. The van der Waals surface area contributed by atoms with Gasteiger partial charge in [-0.25, -0.2) is 4.79 Å². The highest BCUT2D eigenvalue weighted by atomic mass is 16.2. The number of nitrogens with one attached hydrogen (secondary N) is 1. The maximum atomic E-state index is 13.4. The highest BCUT2D eigenvalue weighted by Gasteiger charge is 2.26. The van der Waals surface area contributed by atoms with Crippen LogP contribution in [0.2, 0.25) is 0 Å². The summed E-state index contributed by atoms with van der Waals surface area (Å²) < 4.78 is 1.32. The third-order valence-electron chi connectivity index (χ3n) is 5.82. The van der Waals surface area contributed by atoms with E-state index in [2.05, 4.69) is 9.88 Å². The van der Waals surface area contributed by atoms with Crippen LogP contribution in [0.4, 0.5) is 11.5 Å². The Labute approximate surface area is 189 Å². The summed E-state index contributed by atoms with van der Waals surface area (Å²) in [6.07, 6.45) is 5.75. The number of nitrogens with zero attached hydrogens (tertiary/aromatic N) is 3. The molecule has 1 saturated heterocycles. The molecule has 0 unspecified atom stereocenters. The van der Waals surface area contributed by atoms with Crippen LogP contribution in [-0.2, 0) is 11.3 Å². The van der Waals surface area contributed by atoms with Crippen LogP contribution in [0, 0.1) is 5.92 Å². The first-order valence-electron chi connectivity index (χ1n) is 11.6. The van der Waals surface area contributed by atoms with Crippen molar-refractivity contribution in [3.63, 3.8) is 0 Å². The first-order chi connectivity index (χ1) is 15.4. The molecule has 8 heteroatoms. The summed E-state index contributed by atoms with van der Waals surface area (Å²) in [6.45, 7) is 6.53. The SMILES string of the molecule is CC(C)CN(C(=O)CN1CCCCCCC1)c1c(N)n(Cc2ccccc2)c(=O)[nH]c1=O. The van der Waals surface area contributed by atoms with Crippen LogP contribution in [0.15, 0.2) is 39.9 Å². The summed E-state index contributed by atoms with van der Waals surface area (Å²) in [5.74, 6) is -0.0229. The molecule has 1 fully saturated rings. The molecule has 174 valence electrons. The highest BCUT2D eigenvalue weighted by Crippen LogP contribution is 2.20. The van der Waals surface area contributed by atoms with Gasteiger partial charge in [-0.3, -0.25) is 24.0 Å². The van der Waals surface area contributed by atoms with Crippen molar-refractivity contribution in [3.8, 4) is 0 Å². The number of nitrogens with two attached hydrogens (primary N) is 1. The molecule has 3 rings (SSSR count). The van der Waals surface area contributed by atoms with Crippen molar-refractivity contribution < 1.29 is 4.79 Å². The van der Waals surface area contributed by atoms with Gasteiger partial charge in [-0.1, -0.05) is 63.4 Å². The molecular formula is C24H35N5O3. The van der Waals surface area contributed by atoms with Gasteiger partial charge in [0.15, 0.2) is 5.69 Å². The lowest BCUT2D eigenvalue weighted by atomic mass is 10.1. The first kappa shape index (κ1) is 23.8. The van der Waals surface area contributed by atoms with Crippen LogP contribution in [0.1, 0.15) is 51.5 Å². The maximum absolute atomic E-state index is 13.4. The topological polar surface area (TPSA) is 104 Å². The van der Waals surface area contributed by atoms with E-state index in [1.807, 2.05) is 44.2 Å². The Morgan fingerprint density at radius 3 is 2.31 bits per heavy atom. The summed E-state index contributed by atoms with van der Waals surface area (Å²) in [6, 6.07) is 9.41. The zero-order valence-corrected chi connectivity index (χ0v) is 19.2.